The van der Waals surface area contributed by atoms with Gasteiger partial charge in [0, 0.05) is 11.9 Å². The Bertz CT molecular complexity index is 730. The minimum atomic E-state index is -1.05. The lowest BCUT2D eigenvalue weighted by atomic mass is 10.2. The summed E-state index contributed by atoms with van der Waals surface area (Å²) in [5, 5.41) is 11.8. The van der Waals surface area contributed by atoms with Gasteiger partial charge in [0.1, 0.15) is 5.01 Å². The van der Waals surface area contributed by atoms with Gasteiger partial charge in [-0.25, -0.2) is 9.78 Å². The van der Waals surface area contributed by atoms with Crippen molar-refractivity contribution in [2.75, 3.05) is 19.8 Å². The van der Waals surface area contributed by atoms with E-state index in [1.165, 1.54) is 27.6 Å². The van der Waals surface area contributed by atoms with Crippen LogP contribution in [0.1, 0.15) is 5.69 Å². The number of amides is 1. The van der Waals surface area contributed by atoms with Crippen LogP contribution in [0.5, 0.6) is 0 Å². The summed E-state index contributed by atoms with van der Waals surface area (Å²) in [6.07, 6.45) is 0.0827. The van der Waals surface area contributed by atoms with Crippen molar-refractivity contribution in [2.24, 2.45) is 0 Å². The van der Waals surface area contributed by atoms with Crippen LogP contribution in [0.25, 0.3) is 9.88 Å². The van der Waals surface area contributed by atoms with Gasteiger partial charge in [0.15, 0.2) is 6.04 Å². The molecule has 0 bridgehead atoms. The number of rotatable bonds is 4. The fourth-order valence-corrected chi connectivity index (χ4v) is 4.23. The van der Waals surface area contributed by atoms with Crippen molar-refractivity contribution in [3.8, 4) is 9.88 Å². The normalized spacial score (nSPS) is 18.1. The molecule has 0 saturated carbocycles. The number of thiophene rings is 1. The number of aromatic nitrogens is 1. The lowest BCUT2D eigenvalue weighted by molar-refractivity contribution is -0.158. The summed E-state index contributed by atoms with van der Waals surface area (Å²) >= 11 is 8.79. The van der Waals surface area contributed by atoms with Crippen LogP contribution in [-0.4, -0.2) is 52.7 Å². The molecule has 6 nitrogen and oxygen atoms in total. The summed E-state index contributed by atoms with van der Waals surface area (Å²) in [5.41, 5.74) is 0.634. The van der Waals surface area contributed by atoms with Crippen molar-refractivity contribution in [1.29, 1.82) is 0 Å². The van der Waals surface area contributed by atoms with Gasteiger partial charge in [0.25, 0.3) is 0 Å². The second-order valence-electron chi connectivity index (χ2n) is 4.94. The van der Waals surface area contributed by atoms with Crippen molar-refractivity contribution in [2.45, 2.75) is 12.5 Å². The predicted molar refractivity (Wildman–Crippen MR) is 88.1 cm³/mol. The van der Waals surface area contributed by atoms with Crippen LogP contribution < -0.4 is 0 Å². The third kappa shape index (κ3) is 3.72. The number of aliphatic carboxylic acids is 1. The Morgan fingerprint density at radius 1 is 1.48 bits per heavy atom. The van der Waals surface area contributed by atoms with E-state index in [1.807, 2.05) is 11.4 Å². The fraction of sp³-hybridized carbons (Fsp3) is 0.357. The number of thiazole rings is 1. The Labute approximate surface area is 145 Å². The lowest BCUT2D eigenvalue weighted by Gasteiger charge is -2.32. The molecule has 0 aromatic carbocycles. The molecular formula is C14H13ClN2O4S2. The summed E-state index contributed by atoms with van der Waals surface area (Å²) in [5.74, 6) is -1.30. The van der Waals surface area contributed by atoms with E-state index < -0.39 is 12.0 Å². The molecule has 0 spiro atoms. The largest absolute Gasteiger partial charge is 0.480 e. The molecule has 9 heteroatoms. The zero-order chi connectivity index (χ0) is 16.4. The maximum absolute atomic E-state index is 12.4. The van der Waals surface area contributed by atoms with Crippen molar-refractivity contribution in [3.05, 3.63) is 27.5 Å². The molecule has 1 aliphatic rings. The van der Waals surface area contributed by atoms with Crippen molar-refractivity contribution < 1.29 is 19.4 Å². The molecule has 0 aliphatic carbocycles. The number of carbonyl (C=O) groups excluding carboxylic acids is 1. The van der Waals surface area contributed by atoms with Crippen molar-refractivity contribution in [1.82, 2.24) is 9.88 Å². The van der Waals surface area contributed by atoms with E-state index in [-0.39, 0.29) is 25.5 Å². The van der Waals surface area contributed by atoms with Gasteiger partial charge in [-0.3, -0.25) is 4.79 Å². The smallest absolute Gasteiger partial charge is 0.328 e. The maximum atomic E-state index is 12.4. The molecule has 1 saturated heterocycles. The first-order valence-corrected chi connectivity index (χ1v) is 8.92. The van der Waals surface area contributed by atoms with Crippen LogP contribution in [0.2, 0.25) is 4.34 Å². The minimum Gasteiger partial charge on any atom is -0.480 e. The van der Waals surface area contributed by atoms with Gasteiger partial charge in [-0.1, -0.05) is 11.6 Å². The van der Waals surface area contributed by atoms with Crippen LogP contribution in [0.4, 0.5) is 0 Å². The first-order chi connectivity index (χ1) is 11.0. The van der Waals surface area contributed by atoms with Gasteiger partial charge >= 0.3 is 5.97 Å². The molecule has 3 heterocycles. The number of morpholine rings is 1. The number of carbonyl (C=O) groups is 2. The zero-order valence-electron chi connectivity index (χ0n) is 11.9. The molecule has 1 amide bonds. The van der Waals surface area contributed by atoms with Crippen LogP contribution in [0.15, 0.2) is 17.5 Å². The summed E-state index contributed by atoms with van der Waals surface area (Å²) in [6.45, 7) is 0.663. The fourth-order valence-electron chi connectivity index (χ4n) is 2.29. The zero-order valence-corrected chi connectivity index (χ0v) is 14.3. The van der Waals surface area contributed by atoms with E-state index in [1.54, 1.807) is 6.07 Å². The highest BCUT2D eigenvalue weighted by atomic mass is 35.5. The second-order valence-corrected chi connectivity index (χ2v) is 7.51. The topological polar surface area (TPSA) is 79.7 Å². The Balaban J connectivity index is 1.70. The molecule has 2 aromatic heterocycles. The van der Waals surface area contributed by atoms with E-state index in [2.05, 4.69) is 4.98 Å². The summed E-state index contributed by atoms with van der Waals surface area (Å²) in [4.78, 5) is 30.3. The summed E-state index contributed by atoms with van der Waals surface area (Å²) < 4.78 is 5.82. The van der Waals surface area contributed by atoms with Crippen molar-refractivity contribution >= 4 is 46.2 Å². The van der Waals surface area contributed by atoms with E-state index >= 15 is 0 Å². The van der Waals surface area contributed by atoms with E-state index in [4.69, 9.17) is 16.3 Å². The van der Waals surface area contributed by atoms with Gasteiger partial charge < -0.3 is 14.7 Å². The number of hydrogen-bond donors (Lipinski definition) is 1. The van der Waals surface area contributed by atoms with E-state index in [0.29, 0.717) is 16.6 Å². The minimum absolute atomic E-state index is 0.0249. The van der Waals surface area contributed by atoms with E-state index in [0.717, 1.165) is 9.88 Å². The number of carboxylic acid groups (broad SMARTS) is 1. The number of hydrogen-bond acceptors (Lipinski definition) is 6. The average molecular weight is 373 g/mol. The third-order valence-corrected chi connectivity index (χ3v) is 5.69. The van der Waals surface area contributed by atoms with E-state index in [9.17, 15) is 14.7 Å². The second kappa shape index (κ2) is 6.96. The van der Waals surface area contributed by atoms with Crippen LogP contribution in [0.3, 0.4) is 0 Å². The molecule has 122 valence electrons. The highest BCUT2D eigenvalue weighted by Gasteiger charge is 2.32. The SMILES string of the molecule is O=C(O)C1COCCN1C(=O)Cc1csc(-c2ccc(Cl)s2)n1. The Kier molecular flexibility index (Phi) is 4.96. The number of halogens is 1. The molecule has 0 radical (unpaired) electrons. The molecule has 1 N–H and O–H groups in total. The van der Waals surface area contributed by atoms with Crippen LogP contribution in [-0.2, 0) is 20.7 Å². The quantitative estimate of drug-likeness (QED) is 0.891. The monoisotopic (exact) mass is 372 g/mol. The van der Waals surface area contributed by atoms with Crippen molar-refractivity contribution in [3.63, 3.8) is 0 Å². The van der Waals surface area contributed by atoms with Gasteiger partial charge in [-0.2, -0.15) is 0 Å². The third-order valence-electron chi connectivity index (χ3n) is 3.40. The summed E-state index contributed by atoms with van der Waals surface area (Å²) in [6, 6.07) is 2.77. The first kappa shape index (κ1) is 16.4. The maximum Gasteiger partial charge on any atom is 0.328 e. The molecule has 1 fully saturated rings. The summed E-state index contributed by atoms with van der Waals surface area (Å²) in [7, 11) is 0. The molecule has 1 unspecified atom stereocenters. The van der Waals surface area contributed by atoms with Gasteiger partial charge in [0.2, 0.25) is 5.91 Å². The molecule has 2 aromatic rings. The van der Waals surface area contributed by atoms with Crippen LogP contribution in [0, 0.1) is 0 Å². The standard InChI is InChI=1S/C14H13ClN2O4S2/c15-11-2-1-10(23-11)13-16-8(7-22-13)5-12(18)17-3-4-21-6-9(17)14(19)20/h1-2,7,9H,3-6H2,(H,19,20). The number of ether oxygens (including phenoxy) is 1. The predicted octanol–water partition coefficient (Wildman–Crippen LogP) is 2.38. The number of nitrogens with zero attached hydrogens (tertiary/aromatic N) is 2. The van der Waals surface area contributed by atoms with Gasteiger partial charge in [-0.05, 0) is 12.1 Å². The van der Waals surface area contributed by atoms with Crippen LogP contribution >= 0.6 is 34.3 Å². The highest BCUT2D eigenvalue weighted by Crippen LogP contribution is 2.33. The average Bonchev–Trinajstić information content (AvgIpc) is 3.16. The molecule has 1 atom stereocenters. The highest BCUT2D eigenvalue weighted by molar-refractivity contribution is 7.23. The molecule has 1 aliphatic heterocycles. The molecule has 3 rings (SSSR count). The molecular weight excluding hydrogens is 360 g/mol. The Morgan fingerprint density at radius 2 is 2.30 bits per heavy atom. The molecule has 23 heavy (non-hydrogen) atoms. The Morgan fingerprint density at radius 3 is 3.00 bits per heavy atom. The van der Waals surface area contributed by atoms with Gasteiger partial charge in [-0.15, -0.1) is 22.7 Å². The Hall–Kier alpha value is -1.48. The number of carboxylic acids is 1. The first-order valence-electron chi connectivity index (χ1n) is 6.84. The van der Waals surface area contributed by atoms with Gasteiger partial charge in [0.05, 0.1) is 34.5 Å². The lowest BCUT2D eigenvalue weighted by Crippen LogP contribution is -2.53.